The Labute approximate surface area is 175 Å². The van der Waals surface area contributed by atoms with Crippen LogP contribution in [-0.4, -0.2) is 18.2 Å². The van der Waals surface area contributed by atoms with Crippen LogP contribution in [0.3, 0.4) is 0 Å². The number of carbonyl (C=O) groups is 1. The Morgan fingerprint density at radius 2 is 1.90 bits per heavy atom. The first-order chi connectivity index (χ1) is 13.8. The number of aryl methyl sites for hydroxylation is 1. The first-order valence-electron chi connectivity index (χ1n) is 11.8. The average Bonchev–Trinajstić information content (AvgIpc) is 2.98. The minimum atomic E-state index is -0.320. The minimum absolute atomic E-state index is 0.0326. The molecule has 4 aliphatic rings. The van der Waals surface area contributed by atoms with Crippen LogP contribution in [-0.2, 0) is 16.0 Å². The van der Waals surface area contributed by atoms with Crippen molar-refractivity contribution in [2.45, 2.75) is 90.6 Å². The van der Waals surface area contributed by atoms with Crippen LogP contribution < -0.4 is 4.74 Å². The number of ether oxygens (including phenoxy) is 2. The normalized spacial score (nSPS) is 40.0. The highest BCUT2D eigenvalue weighted by Crippen LogP contribution is 2.67. The molecule has 0 unspecified atom stereocenters. The standard InChI is InChI=1S/C26H36O3/c1-5-28-18-7-9-19-17(16-18)6-8-21-20(19)10-12-25(4)22(21)11-13-26(25)15-14-24(2,3)23(27)29-26/h7,9,16,20-22H,5-6,8,10-15H2,1-4H3/t20-,21-,22+,25+,26-/m1/s1. The Hall–Kier alpha value is -1.51. The first-order valence-corrected chi connectivity index (χ1v) is 11.8. The van der Waals surface area contributed by atoms with Gasteiger partial charge in [-0.05, 0) is 113 Å². The van der Waals surface area contributed by atoms with Gasteiger partial charge in [0, 0.05) is 5.41 Å². The first kappa shape index (κ1) is 19.5. The van der Waals surface area contributed by atoms with E-state index in [0.717, 1.165) is 44.0 Å². The second-order valence-electron chi connectivity index (χ2n) is 11.0. The van der Waals surface area contributed by atoms with Crippen LogP contribution in [0.25, 0.3) is 0 Å². The molecule has 0 aromatic heterocycles. The molecule has 2 saturated carbocycles. The molecular formula is C26H36O3. The van der Waals surface area contributed by atoms with E-state index in [1.165, 1.54) is 31.2 Å². The third-order valence-electron chi connectivity index (χ3n) is 9.29. The van der Waals surface area contributed by atoms with Gasteiger partial charge >= 0.3 is 5.97 Å². The molecule has 158 valence electrons. The Kier molecular flexibility index (Phi) is 4.35. The van der Waals surface area contributed by atoms with Crippen LogP contribution in [0.4, 0.5) is 0 Å². The van der Waals surface area contributed by atoms with Gasteiger partial charge < -0.3 is 9.47 Å². The number of hydrogen-bond acceptors (Lipinski definition) is 3. The summed E-state index contributed by atoms with van der Waals surface area (Å²) in [6.45, 7) is 9.32. The summed E-state index contributed by atoms with van der Waals surface area (Å²) in [6, 6.07) is 6.79. The molecule has 5 rings (SSSR count). The summed E-state index contributed by atoms with van der Waals surface area (Å²) in [6.07, 6.45) is 9.12. The van der Waals surface area contributed by atoms with Gasteiger partial charge in [0.15, 0.2) is 0 Å². The van der Waals surface area contributed by atoms with E-state index in [-0.39, 0.29) is 22.4 Å². The zero-order valence-corrected chi connectivity index (χ0v) is 18.6. The molecule has 0 N–H and O–H groups in total. The smallest absolute Gasteiger partial charge is 0.312 e. The number of hydrogen-bond donors (Lipinski definition) is 0. The topological polar surface area (TPSA) is 35.5 Å². The van der Waals surface area contributed by atoms with E-state index in [9.17, 15) is 4.79 Å². The summed E-state index contributed by atoms with van der Waals surface area (Å²) in [5, 5.41) is 0. The maximum Gasteiger partial charge on any atom is 0.312 e. The van der Waals surface area contributed by atoms with Gasteiger partial charge in [-0.3, -0.25) is 4.79 Å². The second kappa shape index (κ2) is 6.49. The molecule has 1 aromatic carbocycles. The predicted octanol–water partition coefficient (Wildman–Crippen LogP) is 6.04. The fourth-order valence-electron chi connectivity index (χ4n) is 7.47. The van der Waals surface area contributed by atoms with Gasteiger partial charge in [-0.15, -0.1) is 0 Å². The SMILES string of the molecule is CCOc1ccc2c(c1)CC[C@@H]1[C@@H]2CC[C@@]2(C)[C@H]1CC[C@@]21CCC(C)(C)C(=O)O1. The van der Waals surface area contributed by atoms with Gasteiger partial charge in [-0.2, -0.15) is 0 Å². The van der Waals surface area contributed by atoms with Crippen molar-refractivity contribution in [3.63, 3.8) is 0 Å². The molecule has 0 amide bonds. The highest BCUT2D eigenvalue weighted by Gasteiger charge is 2.65. The Balaban J connectivity index is 1.43. The number of fused-ring (bicyclic) bond motifs is 6. The lowest BCUT2D eigenvalue weighted by Gasteiger charge is -2.56. The van der Waals surface area contributed by atoms with Gasteiger partial charge in [0.25, 0.3) is 0 Å². The van der Waals surface area contributed by atoms with Gasteiger partial charge in [0.2, 0.25) is 0 Å². The Morgan fingerprint density at radius 1 is 1.07 bits per heavy atom. The fourth-order valence-corrected chi connectivity index (χ4v) is 7.47. The number of rotatable bonds is 2. The minimum Gasteiger partial charge on any atom is -0.494 e. The summed E-state index contributed by atoms with van der Waals surface area (Å²) in [7, 11) is 0. The van der Waals surface area contributed by atoms with E-state index in [0.29, 0.717) is 11.8 Å². The van der Waals surface area contributed by atoms with Gasteiger partial charge in [0.1, 0.15) is 11.4 Å². The van der Waals surface area contributed by atoms with Crippen molar-refractivity contribution in [1.82, 2.24) is 0 Å². The highest BCUT2D eigenvalue weighted by atomic mass is 16.6. The van der Waals surface area contributed by atoms with Crippen molar-refractivity contribution < 1.29 is 14.3 Å². The quantitative estimate of drug-likeness (QED) is 0.571. The summed E-state index contributed by atoms with van der Waals surface area (Å²) in [5.74, 6) is 3.12. The van der Waals surface area contributed by atoms with Gasteiger partial charge in [0.05, 0.1) is 12.0 Å². The molecule has 0 radical (unpaired) electrons. The van der Waals surface area contributed by atoms with E-state index in [1.807, 2.05) is 20.8 Å². The molecule has 1 spiro atoms. The third kappa shape index (κ3) is 2.72. The van der Waals surface area contributed by atoms with Crippen LogP contribution in [0.15, 0.2) is 18.2 Å². The lowest BCUT2D eigenvalue weighted by molar-refractivity contribution is -0.206. The van der Waals surface area contributed by atoms with Crippen molar-refractivity contribution in [3.05, 3.63) is 29.3 Å². The number of esters is 1. The molecule has 0 bridgehead atoms. The van der Waals surface area contributed by atoms with Crippen molar-refractivity contribution >= 4 is 5.97 Å². The van der Waals surface area contributed by atoms with Crippen molar-refractivity contribution in [2.75, 3.05) is 6.61 Å². The van der Waals surface area contributed by atoms with Gasteiger partial charge in [-0.25, -0.2) is 0 Å². The maximum atomic E-state index is 12.8. The average molecular weight is 397 g/mol. The van der Waals surface area contributed by atoms with Crippen LogP contribution in [0.5, 0.6) is 5.75 Å². The van der Waals surface area contributed by atoms with Crippen molar-refractivity contribution in [1.29, 1.82) is 0 Å². The number of benzene rings is 1. The van der Waals surface area contributed by atoms with Crippen molar-refractivity contribution in [3.8, 4) is 5.75 Å². The molecule has 1 saturated heterocycles. The fraction of sp³-hybridized carbons (Fsp3) is 0.731. The van der Waals surface area contributed by atoms with Crippen LogP contribution >= 0.6 is 0 Å². The molecule has 3 fully saturated rings. The van der Waals surface area contributed by atoms with Gasteiger partial charge in [-0.1, -0.05) is 13.0 Å². The monoisotopic (exact) mass is 396 g/mol. The molecule has 29 heavy (non-hydrogen) atoms. The zero-order chi connectivity index (χ0) is 20.4. The van der Waals surface area contributed by atoms with Crippen molar-refractivity contribution in [2.24, 2.45) is 22.7 Å². The largest absolute Gasteiger partial charge is 0.494 e. The van der Waals surface area contributed by atoms with Crippen LogP contribution in [0.2, 0.25) is 0 Å². The van der Waals surface area contributed by atoms with E-state index in [4.69, 9.17) is 9.47 Å². The number of carbonyl (C=O) groups excluding carboxylic acids is 1. The molecule has 3 nitrogen and oxygen atoms in total. The summed E-state index contributed by atoms with van der Waals surface area (Å²) >= 11 is 0. The molecule has 1 heterocycles. The molecule has 1 aliphatic heterocycles. The molecule has 3 heteroatoms. The maximum absolute atomic E-state index is 12.8. The second-order valence-corrected chi connectivity index (χ2v) is 11.0. The summed E-state index contributed by atoms with van der Waals surface area (Å²) < 4.78 is 12.1. The Bertz CT molecular complexity index is 827. The lowest BCUT2D eigenvalue weighted by Crippen LogP contribution is -2.56. The zero-order valence-electron chi connectivity index (χ0n) is 18.6. The van der Waals surface area contributed by atoms with Crippen LogP contribution in [0, 0.1) is 22.7 Å². The highest BCUT2D eigenvalue weighted by molar-refractivity contribution is 5.77. The summed E-state index contributed by atoms with van der Waals surface area (Å²) in [4.78, 5) is 12.8. The van der Waals surface area contributed by atoms with E-state index >= 15 is 0 Å². The summed E-state index contributed by atoms with van der Waals surface area (Å²) in [5.41, 5.74) is 2.67. The van der Waals surface area contributed by atoms with E-state index in [1.54, 1.807) is 5.56 Å². The molecule has 3 aliphatic carbocycles. The third-order valence-corrected chi connectivity index (χ3v) is 9.29. The molecule has 5 atom stereocenters. The van der Waals surface area contributed by atoms with E-state index < -0.39 is 0 Å². The molecular weight excluding hydrogens is 360 g/mol. The predicted molar refractivity (Wildman–Crippen MR) is 114 cm³/mol. The Morgan fingerprint density at radius 3 is 2.66 bits per heavy atom. The van der Waals surface area contributed by atoms with Crippen LogP contribution in [0.1, 0.15) is 89.7 Å². The van der Waals surface area contributed by atoms with E-state index in [2.05, 4.69) is 25.1 Å². The lowest BCUT2D eigenvalue weighted by atomic mass is 9.52. The molecule has 1 aromatic rings.